The summed E-state index contributed by atoms with van der Waals surface area (Å²) >= 11 is 7.35. The summed E-state index contributed by atoms with van der Waals surface area (Å²) in [7, 11) is 3.13. The third kappa shape index (κ3) is 6.46. The molecule has 1 rings (SSSR count). The maximum atomic E-state index is 12.2. The lowest BCUT2D eigenvalue weighted by Gasteiger charge is -2.23. The quantitative estimate of drug-likeness (QED) is 0.685. The minimum Gasteiger partial charge on any atom is -0.469 e. The largest absolute Gasteiger partial charge is 0.469 e. The molecule has 1 aromatic heterocycles. The topological polar surface area (TPSA) is 49.9 Å². The summed E-state index contributed by atoms with van der Waals surface area (Å²) < 4.78 is 5.33. The zero-order valence-corrected chi connectivity index (χ0v) is 14.2. The Hall–Kier alpha value is -1.11. The number of nitrogens with zero attached hydrogens (tertiary/aromatic N) is 2. The van der Waals surface area contributed by atoms with Gasteiger partial charge in [-0.25, -0.2) is 0 Å². The van der Waals surface area contributed by atoms with Crippen molar-refractivity contribution in [3.63, 3.8) is 0 Å². The number of carbonyl (C=O) groups is 2. The van der Waals surface area contributed by atoms with Crippen LogP contribution in [0.2, 0.25) is 4.34 Å². The molecule has 0 aliphatic carbocycles. The summed E-state index contributed by atoms with van der Waals surface area (Å²) in [6.07, 6.45) is 0.294. The number of likely N-dealkylation sites (N-methyl/N-ethyl adjacent to an activating group) is 2. The second-order valence-electron chi connectivity index (χ2n) is 4.65. The fraction of sp³-hybridized carbons (Fsp3) is 0.571. The van der Waals surface area contributed by atoms with Crippen LogP contribution in [0.1, 0.15) is 18.2 Å². The van der Waals surface area contributed by atoms with E-state index >= 15 is 0 Å². The van der Waals surface area contributed by atoms with Crippen molar-refractivity contribution in [2.24, 2.45) is 0 Å². The number of hydrogen-bond acceptors (Lipinski definition) is 5. The van der Waals surface area contributed by atoms with E-state index in [0.717, 1.165) is 9.21 Å². The molecule has 0 aliphatic rings. The van der Waals surface area contributed by atoms with Crippen LogP contribution in [0.25, 0.3) is 0 Å². The first-order chi connectivity index (χ1) is 9.96. The van der Waals surface area contributed by atoms with Crippen molar-refractivity contribution in [1.82, 2.24) is 9.80 Å². The number of halogens is 1. The summed E-state index contributed by atoms with van der Waals surface area (Å²) in [4.78, 5) is 28.0. The van der Waals surface area contributed by atoms with Crippen molar-refractivity contribution in [2.75, 3.05) is 33.8 Å². The highest BCUT2D eigenvalue weighted by Gasteiger charge is 2.15. The van der Waals surface area contributed by atoms with Gasteiger partial charge in [0.15, 0.2) is 0 Å². The standard InChI is InChI=1S/C14H21ClN2O3S/c1-4-17(8-7-14(19)20-3)10-13(18)16(2)9-11-5-6-12(15)21-11/h5-6H,4,7-10H2,1-3H3. The molecule has 0 aliphatic heterocycles. The molecule has 5 nitrogen and oxygen atoms in total. The Morgan fingerprint density at radius 3 is 2.62 bits per heavy atom. The van der Waals surface area contributed by atoms with Crippen LogP contribution in [0, 0.1) is 0 Å². The number of amides is 1. The fourth-order valence-electron chi connectivity index (χ4n) is 1.77. The molecule has 118 valence electrons. The van der Waals surface area contributed by atoms with E-state index < -0.39 is 0 Å². The lowest BCUT2D eigenvalue weighted by atomic mass is 10.3. The molecule has 7 heteroatoms. The lowest BCUT2D eigenvalue weighted by molar-refractivity contribution is -0.141. The molecule has 1 aromatic rings. The summed E-state index contributed by atoms with van der Waals surface area (Å²) in [5.74, 6) is -0.242. The van der Waals surface area contributed by atoms with E-state index in [0.29, 0.717) is 32.6 Å². The molecule has 0 atom stereocenters. The first-order valence-electron chi connectivity index (χ1n) is 6.73. The van der Waals surface area contributed by atoms with Gasteiger partial charge in [-0.2, -0.15) is 0 Å². The normalized spacial score (nSPS) is 10.7. The smallest absolute Gasteiger partial charge is 0.306 e. The second kappa shape index (κ2) is 9.02. The molecule has 1 amide bonds. The Morgan fingerprint density at radius 2 is 2.10 bits per heavy atom. The highest BCUT2D eigenvalue weighted by atomic mass is 35.5. The van der Waals surface area contributed by atoms with Crippen LogP contribution in [-0.2, 0) is 20.9 Å². The van der Waals surface area contributed by atoms with E-state index in [1.807, 2.05) is 24.0 Å². The molecule has 0 bridgehead atoms. The zero-order chi connectivity index (χ0) is 15.8. The molecule has 0 fully saturated rings. The average Bonchev–Trinajstić information content (AvgIpc) is 2.87. The van der Waals surface area contributed by atoms with Crippen LogP contribution >= 0.6 is 22.9 Å². The third-order valence-electron chi connectivity index (χ3n) is 3.11. The number of thiophene rings is 1. The van der Waals surface area contributed by atoms with Crippen molar-refractivity contribution in [1.29, 1.82) is 0 Å². The van der Waals surface area contributed by atoms with Crippen molar-refractivity contribution in [3.05, 3.63) is 21.3 Å². The van der Waals surface area contributed by atoms with Crippen LogP contribution in [0.4, 0.5) is 0 Å². The van der Waals surface area contributed by atoms with E-state index in [-0.39, 0.29) is 11.9 Å². The van der Waals surface area contributed by atoms with Crippen molar-refractivity contribution in [3.8, 4) is 0 Å². The van der Waals surface area contributed by atoms with Crippen LogP contribution in [0.15, 0.2) is 12.1 Å². The van der Waals surface area contributed by atoms with E-state index in [4.69, 9.17) is 11.6 Å². The van der Waals surface area contributed by atoms with Gasteiger partial charge in [-0.3, -0.25) is 14.5 Å². The van der Waals surface area contributed by atoms with Gasteiger partial charge < -0.3 is 9.64 Å². The molecule has 0 N–H and O–H groups in total. The van der Waals surface area contributed by atoms with Gasteiger partial charge in [-0.05, 0) is 18.7 Å². The molecule has 0 unspecified atom stereocenters. The lowest BCUT2D eigenvalue weighted by Crippen LogP contribution is -2.38. The predicted octanol–water partition coefficient (Wildman–Crippen LogP) is 2.24. The SMILES string of the molecule is CCN(CCC(=O)OC)CC(=O)N(C)Cc1ccc(Cl)s1. The highest BCUT2D eigenvalue weighted by Crippen LogP contribution is 2.22. The molecule has 0 spiro atoms. The molecule has 21 heavy (non-hydrogen) atoms. The Balaban J connectivity index is 2.43. The minimum absolute atomic E-state index is 0.0197. The van der Waals surface area contributed by atoms with Crippen molar-refractivity contribution < 1.29 is 14.3 Å². The van der Waals surface area contributed by atoms with Gasteiger partial charge in [0.1, 0.15) is 0 Å². The predicted molar refractivity (Wildman–Crippen MR) is 84.6 cm³/mol. The van der Waals surface area contributed by atoms with Gasteiger partial charge >= 0.3 is 5.97 Å². The molecule has 0 radical (unpaired) electrons. The van der Waals surface area contributed by atoms with E-state index in [2.05, 4.69) is 4.74 Å². The Labute approximate surface area is 134 Å². The van der Waals surface area contributed by atoms with Crippen molar-refractivity contribution >= 4 is 34.8 Å². The van der Waals surface area contributed by atoms with E-state index in [1.165, 1.54) is 18.4 Å². The maximum Gasteiger partial charge on any atom is 0.306 e. The molecular formula is C14H21ClN2O3S. The number of esters is 1. The number of carbonyl (C=O) groups excluding carboxylic acids is 2. The first-order valence-corrected chi connectivity index (χ1v) is 7.93. The van der Waals surface area contributed by atoms with Gasteiger partial charge in [-0.1, -0.05) is 18.5 Å². The Morgan fingerprint density at radius 1 is 1.38 bits per heavy atom. The Kier molecular flexibility index (Phi) is 7.71. The van der Waals surface area contributed by atoms with Crippen molar-refractivity contribution in [2.45, 2.75) is 19.9 Å². The van der Waals surface area contributed by atoms with Crippen LogP contribution in [-0.4, -0.2) is 55.5 Å². The van der Waals surface area contributed by atoms with Gasteiger partial charge in [0.2, 0.25) is 5.91 Å². The fourth-order valence-corrected chi connectivity index (χ4v) is 2.91. The van der Waals surface area contributed by atoms with E-state index in [9.17, 15) is 9.59 Å². The average molecular weight is 333 g/mol. The summed E-state index contributed by atoms with van der Waals surface area (Å²) in [5, 5.41) is 0. The van der Waals surface area contributed by atoms with Gasteiger partial charge in [0, 0.05) is 18.5 Å². The van der Waals surface area contributed by atoms with Crippen LogP contribution in [0.5, 0.6) is 0 Å². The number of methoxy groups -OCH3 is 1. The zero-order valence-electron chi connectivity index (χ0n) is 12.6. The molecule has 1 heterocycles. The van der Waals surface area contributed by atoms with Gasteiger partial charge in [-0.15, -0.1) is 11.3 Å². The Bertz CT molecular complexity index is 479. The molecule has 0 aromatic carbocycles. The number of rotatable bonds is 8. The second-order valence-corrected chi connectivity index (χ2v) is 6.45. The minimum atomic E-state index is -0.262. The molecule has 0 saturated carbocycles. The molecular weight excluding hydrogens is 312 g/mol. The third-order valence-corrected chi connectivity index (χ3v) is 4.33. The monoisotopic (exact) mass is 332 g/mol. The van der Waals surface area contributed by atoms with Gasteiger partial charge in [0.05, 0.1) is 31.0 Å². The summed E-state index contributed by atoms with van der Waals surface area (Å²) in [6.45, 7) is 4.03. The number of ether oxygens (including phenoxy) is 1. The summed E-state index contributed by atoms with van der Waals surface area (Å²) in [6, 6.07) is 3.75. The first kappa shape index (κ1) is 17.9. The molecule has 0 saturated heterocycles. The summed E-state index contributed by atoms with van der Waals surface area (Å²) in [5.41, 5.74) is 0. The number of hydrogen-bond donors (Lipinski definition) is 0. The van der Waals surface area contributed by atoms with Crippen LogP contribution in [0.3, 0.4) is 0 Å². The van der Waals surface area contributed by atoms with E-state index in [1.54, 1.807) is 11.9 Å². The highest BCUT2D eigenvalue weighted by molar-refractivity contribution is 7.16. The maximum absolute atomic E-state index is 12.2. The van der Waals surface area contributed by atoms with Gasteiger partial charge in [0.25, 0.3) is 0 Å². The van der Waals surface area contributed by atoms with Crippen LogP contribution < -0.4 is 0 Å².